The molecule has 0 aromatic rings. The second-order valence-electron chi connectivity index (χ2n) is 7.56. The molecular formula is C16H22O4. The van der Waals surface area contributed by atoms with Crippen LogP contribution in [0.4, 0.5) is 0 Å². The van der Waals surface area contributed by atoms with Gasteiger partial charge in [0.25, 0.3) is 0 Å². The van der Waals surface area contributed by atoms with Gasteiger partial charge in [0.1, 0.15) is 0 Å². The van der Waals surface area contributed by atoms with Crippen LogP contribution < -0.4 is 0 Å². The highest BCUT2D eigenvalue weighted by molar-refractivity contribution is 5.80. The molecule has 0 radical (unpaired) electrons. The highest BCUT2D eigenvalue weighted by Crippen LogP contribution is 2.60. The van der Waals surface area contributed by atoms with Crippen LogP contribution in [0.3, 0.4) is 0 Å². The minimum atomic E-state index is -0.738. The average Bonchev–Trinajstić information content (AvgIpc) is 3.06. The minimum Gasteiger partial charge on any atom is -0.425 e. The summed E-state index contributed by atoms with van der Waals surface area (Å²) in [6.07, 6.45) is 7.33. The molecule has 4 heteroatoms. The van der Waals surface area contributed by atoms with Crippen molar-refractivity contribution in [3.05, 3.63) is 0 Å². The van der Waals surface area contributed by atoms with Gasteiger partial charge >= 0.3 is 11.9 Å². The highest BCUT2D eigenvalue weighted by atomic mass is 16.7. The van der Waals surface area contributed by atoms with Gasteiger partial charge in [-0.1, -0.05) is 0 Å². The molecule has 4 nitrogen and oxygen atoms in total. The Balaban J connectivity index is 1.31. The van der Waals surface area contributed by atoms with Crippen molar-refractivity contribution in [2.45, 2.75) is 64.6 Å². The quantitative estimate of drug-likeness (QED) is 0.586. The van der Waals surface area contributed by atoms with Gasteiger partial charge in [-0.3, -0.25) is 9.59 Å². The number of carbonyl (C=O) groups excluding carboxylic acids is 2. The Labute approximate surface area is 119 Å². The lowest BCUT2D eigenvalue weighted by molar-refractivity contribution is -0.203. The van der Waals surface area contributed by atoms with Crippen LogP contribution in [0.25, 0.3) is 0 Å². The lowest BCUT2D eigenvalue weighted by Gasteiger charge is -2.38. The summed E-state index contributed by atoms with van der Waals surface area (Å²) in [4.78, 5) is 24.4. The third-order valence-electron chi connectivity index (χ3n) is 6.19. The van der Waals surface area contributed by atoms with Crippen molar-refractivity contribution in [2.24, 2.45) is 22.7 Å². The normalized spacial score (nSPS) is 45.2. The number of hydrogen-bond acceptors (Lipinski definition) is 4. The van der Waals surface area contributed by atoms with Gasteiger partial charge < -0.3 is 9.47 Å². The fourth-order valence-electron chi connectivity index (χ4n) is 4.98. The first-order chi connectivity index (χ1) is 9.51. The van der Waals surface area contributed by atoms with Crippen molar-refractivity contribution < 1.29 is 19.1 Å². The molecule has 6 rings (SSSR count). The molecule has 6 aliphatic rings. The van der Waals surface area contributed by atoms with E-state index in [1.807, 2.05) is 0 Å². The molecule has 0 atom stereocenters. The molecule has 0 spiro atoms. The number of esters is 2. The molecular weight excluding hydrogens is 256 g/mol. The van der Waals surface area contributed by atoms with Crippen LogP contribution in [0, 0.1) is 22.7 Å². The monoisotopic (exact) mass is 278 g/mol. The van der Waals surface area contributed by atoms with Crippen molar-refractivity contribution in [3.8, 4) is 0 Å². The second-order valence-corrected chi connectivity index (χ2v) is 7.56. The molecule has 0 N–H and O–H groups in total. The minimum absolute atomic E-state index is 0.151. The summed E-state index contributed by atoms with van der Waals surface area (Å²) in [6, 6.07) is 0. The molecule has 0 saturated heterocycles. The Morgan fingerprint density at radius 1 is 0.900 bits per heavy atom. The number of fused-ring (bicyclic) bond motifs is 2. The fraction of sp³-hybridized carbons (Fsp3) is 0.875. The van der Waals surface area contributed by atoms with Crippen molar-refractivity contribution in [2.75, 3.05) is 0 Å². The maximum absolute atomic E-state index is 12.2. The largest absolute Gasteiger partial charge is 0.425 e. The van der Waals surface area contributed by atoms with Gasteiger partial charge in [0.2, 0.25) is 6.29 Å². The molecule has 0 heterocycles. The number of rotatable bonds is 4. The van der Waals surface area contributed by atoms with Crippen molar-refractivity contribution >= 4 is 11.9 Å². The van der Waals surface area contributed by atoms with Gasteiger partial charge in [-0.25, -0.2) is 0 Å². The smallest absolute Gasteiger partial charge is 0.315 e. The molecule has 0 aromatic carbocycles. The van der Waals surface area contributed by atoms with E-state index in [0.29, 0.717) is 0 Å². The molecule has 4 bridgehead atoms. The zero-order valence-corrected chi connectivity index (χ0v) is 12.0. The van der Waals surface area contributed by atoms with E-state index < -0.39 is 6.29 Å². The summed E-state index contributed by atoms with van der Waals surface area (Å²) >= 11 is 0. The SMILES string of the molecule is CC(OC(=O)C12CCC(C1)C2)OC(=O)C12CCC(C1)C2. The molecule has 0 aliphatic heterocycles. The number of carbonyl (C=O) groups is 2. The average molecular weight is 278 g/mol. The fourth-order valence-corrected chi connectivity index (χ4v) is 4.98. The summed E-state index contributed by atoms with van der Waals surface area (Å²) in [5.74, 6) is 1.15. The van der Waals surface area contributed by atoms with Crippen LogP contribution in [0.5, 0.6) is 0 Å². The first-order valence-electron chi connectivity index (χ1n) is 7.94. The van der Waals surface area contributed by atoms with E-state index in [9.17, 15) is 9.59 Å². The van der Waals surface area contributed by atoms with E-state index in [2.05, 4.69) is 0 Å². The van der Waals surface area contributed by atoms with Gasteiger partial charge in [0, 0.05) is 6.92 Å². The Morgan fingerprint density at radius 3 is 1.60 bits per heavy atom. The van der Waals surface area contributed by atoms with E-state index in [4.69, 9.17) is 9.47 Å². The predicted octanol–water partition coefficient (Wildman–Crippen LogP) is 2.80. The first kappa shape index (κ1) is 12.7. The Morgan fingerprint density at radius 2 is 1.30 bits per heavy atom. The van der Waals surface area contributed by atoms with E-state index in [0.717, 1.165) is 63.2 Å². The standard InChI is InChI=1S/C16H22O4/c1-10(19-13(17)15-4-2-11(6-15)7-15)20-14(18)16-5-3-12(8-16)9-16/h10-12H,2-9H2,1H3. The van der Waals surface area contributed by atoms with Crippen LogP contribution >= 0.6 is 0 Å². The maximum Gasteiger partial charge on any atom is 0.315 e. The molecule has 0 unspecified atom stereocenters. The number of hydrogen-bond donors (Lipinski definition) is 0. The lowest BCUT2D eigenvalue weighted by atomic mass is 9.70. The van der Waals surface area contributed by atoms with Gasteiger partial charge in [-0.2, -0.15) is 0 Å². The predicted molar refractivity (Wildman–Crippen MR) is 70.4 cm³/mol. The third-order valence-corrected chi connectivity index (χ3v) is 6.19. The zero-order valence-electron chi connectivity index (χ0n) is 12.0. The molecule has 0 amide bonds. The first-order valence-corrected chi connectivity index (χ1v) is 7.94. The molecule has 110 valence electrons. The molecule has 6 fully saturated rings. The van der Waals surface area contributed by atoms with Crippen LogP contribution in [-0.2, 0) is 19.1 Å². The van der Waals surface area contributed by atoms with E-state index in [-0.39, 0.29) is 22.8 Å². The number of ether oxygens (including phenoxy) is 2. The van der Waals surface area contributed by atoms with Crippen LogP contribution in [0.1, 0.15) is 58.3 Å². The highest BCUT2D eigenvalue weighted by Gasteiger charge is 2.58. The van der Waals surface area contributed by atoms with Crippen molar-refractivity contribution in [1.29, 1.82) is 0 Å². The summed E-state index contributed by atoms with van der Waals surface area (Å²) in [6.45, 7) is 1.67. The molecule has 0 aromatic heterocycles. The maximum atomic E-state index is 12.2. The van der Waals surface area contributed by atoms with Gasteiger partial charge in [0.15, 0.2) is 0 Å². The molecule has 20 heavy (non-hydrogen) atoms. The van der Waals surface area contributed by atoms with Crippen molar-refractivity contribution in [3.63, 3.8) is 0 Å². The van der Waals surface area contributed by atoms with Gasteiger partial charge in [0.05, 0.1) is 10.8 Å². The zero-order chi connectivity index (χ0) is 14.0. The van der Waals surface area contributed by atoms with E-state index in [1.165, 1.54) is 0 Å². The second kappa shape index (κ2) is 3.99. The Hall–Kier alpha value is -1.06. The topological polar surface area (TPSA) is 52.6 Å². The summed E-state index contributed by atoms with van der Waals surface area (Å²) < 4.78 is 10.8. The van der Waals surface area contributed by atoms with E-state index in [1.54, 1.807) is 6.92 Å². The summed E-state index contributed by atoms with van der Waals surface area (Å²) in [5.41, 5.74) is -0.475. The van der Waals surface area contributed by atoms with Crippen molar-refractivity contribution in [1.82, 2.24) is 0 Å². The van der Waals surface area contributed by atoms with Gasteiger partial charge in [-0.15, -0.1) is 0 Å². The van der Waals surface area contributed by atoms with E-state index >= 15 is 0 Å². The molecule has 6 saturated carbocycles. The van der Waals surface area contributed by atoms with Crippen LogP contribution in [0.15, 0.2) is 0 Å². The summed E-state index contributed by atoms with van der Waals surface area (Å²) in [7, 11) is 0. The van der Waals surface area contributed by atoms with Gasteiger partial charge in [-0.05, 0) is 63.2 Å². The third kappa shape index (κ3) is 1.66. The van der Waals surface area contributed by atoms with Crippen LogP contribution in [0.2, 0.25) is 0 Å². The summed E-state index contributed by atoms with van der Waals surface area (Å²) in [5, 5.41) is 0. The molecule has 6 aliphatic carbocycles. The Bertz CT molecular complexity index is 404. The Kier molecular flexibility index (Phi) is 2.52. The van der Waals surface area contributed by atoms with Crippen LogP contribution in [-0.4, -0.2) is 18.2 Å². The lowest BCUT2D eigenvalue weighted by Crippen LogP contribution is -2.42.